The van der Waals surface area contributed by atoms with E-state index in [0.29, 0.717) is 23.0 Å². The maximum atomic E-state index is 6.33. The van der Waals surface area contributed by atoms with Crippen LogP contribution in [0.4, 0.5) is 0 Å². The minimum atomic E-state index is 0.217. The lowest BCUT2D eigenvalue weighted by Gasteiger charge is -2.52. The third-order valence-electron chi connectivity index (χ3n) is 5.28. The SMILES string of the molecule is CCC1(C)C(Cl)CC1OC1CCC(C)(C)CC1. The van der Waals surface area contributed by atoms with Crippen LogP contribution in [0.25, 0.3) is 0 Å². The quantitative estimate of drug-likeness (QED) is 0.663. The predicted octanol–water partition coefficient (Wildman–Crippen LogP) is 4.77. The van der Waals surface area contributed by atoms with Gasteiger partial charge in [-0.1, -0.05) is 27.7 Å². The van der Waals surface area contributed by atoms with Crippen LogP contribution in [0.2, 0.25) is 0 Å². The average Bonchev–Trinajstić information content (AvgIpc) is 2.30. The first kappa shape index (κ1) is 13.7. The van der Waals surface area contributed by atoms with Crippen molar-refractivity contribution < 1.29 is 4.74 Å². The summed E-state index contributed by atoms with van der Waals surface area (Å²) in [5.74, 6) is 0. The Labute approximate surface area is 111 Å². The van der Waals surface area contributed by atoms with E-state index in [4.69, 9.17) is 16.3 Å². The van der Waals surface area contributed by atoms with Gasteiger partial charge in [0, 0.05) is 10.8 Å². The van der Waals surface area contributed by atoms with Gasteiger partial charge in [0.15, 0.2) is 0 Å². The summed E-state index contributed by atoms with van der Waals surface area (Å²) in [6, 6.07) is 0. The minimum Gasteiger partial charge on any atom is -0.374 e. The van der Waals surface area contributed by atoms with Crippen molar-refractivity contribution in [2.75, 3.05) is 0 Å². The number of ether oxygens (including phenoxy) is 1. The van der Waals surface area contributed by atoms with Crippen molar-refractivity contribution in [3.05, 3.63) is 0 Å². The molecule has 0 radical (unpaired) electrons. The Morgan fingerprint density at radius 3 is 2.24 bits per heavy atom. The molecule has 0 heterocycles. The fourth-order valence-corrected chi connectivity index (χ4v) is 3.63. The molecule has 100 valence electrons. The van der Waals surface area contributed by atoms with Crippen molar-refractivity contribution in [3.63, 3.8) is 0 Å². The van der Waals surface area contributed by atoms with Crippen LogP contribution in [-0.4, -0.2) is 17.6 Å². The van der Waals surface area contributed by atoms with Crippen LogP contribution in [0.5, 0.6) is 0 Å². The van der Waals surface area contributed by atoms with Gasteiger partial charge in [-0.05, 0) is 43.9 Å². The molecule has 1 nitrogen and oxygen atoms in total. The summed E-state index contributed by atoms with van der Waals surface area (Å²) in [5, 5.41) is 0.317. The Morgan fingerprint density at radius 2 is 1.76 bits per heavy atom. The minimum absolute atomic E-state index is 0.217. The topological polar surface area (TPSA) is 9.23 Å². The highest BCUT2D eigenvalue weighted by molar-refractivity contribution is 6.21. The predicted molar refractivity (Wildman–Crippen MR) is 73.6 cm³/mol. The van der Waals surface area contributed by atoms with Crippen LogP contribution in [0, 0.1) is 10.8 Å². The van der Waals surface area contributed by atoms with E-state index >= 15 is 0 Å². The molecular weight excluding hydrogens is 232 g/mol. The Balaban J connectivity index is 1.83. The number of hydrogen-bond acceptors (Lipinski definition) is 1. The zero-order chi connectivity index (χ0) is 12.7. The second kappa shape index (κ2) is 4.74. The van der Waals surface area contributed by atoms with Crippen LogP contribution in [0.3, 0.4) is 0 Å². The molecule has 0 aliphatic heterocycles. The molecule has 2 saturated carbocycles. The first-order valence-electron chi connectivity index (χ1n) is 7.17. The van der Waals surface area contributed by atoms with Gasteiger partial charge in [0.1, 0.15) is 0 Å². The molecule has 0 amide bonds. The fraction of sp³-hybridized carbons (Fsp3) is 1.00. The van der Waals surface area contributed by atoms with Crippen LogP contribution < -0.4 is 0 Å². The van der Waals surface area contributed by atoms with Crippen molar-refractivity contribution in [1.82, 2.24) is 0 Å². The van der Waals surface area contributed by atoms with Gasteiger partial charge in [-0.15, -0.1) is 11.6 Å². The van der Waals surface area contributed by atoms with Gasteiger partial charge in [0.2, 0.25) is 0 Å². The molecule has 3 unspecified atom stereocenters. The van der Waals surface area contributed by atoms with Gasteiger partial charge >= 0.3 is 0 Å². The highest BCUT2D eigenvalue weighted by Crippen LogP contribution is 2.50. The van der Waals surface area contributed by atoms with Gasteiger partial charge in [0.25, 0.3) is 0 Å². The molecule has 2 heteroatoms. The maximum absolute atomic E-state index is 6.33. The molecule has 0 N–H and O–H groups in total. The lowest BCUT2D eigenvalue weighted by atomic mass is 9.65. The van der Waals surface area contributed by atoms with Gasteiger partial charge in [0.05, 0.1) is 12.2 Å². The highest BCUT2D eigenvalue weighted by atomic mass is 35.5. The molecule has 2 aliphatic carbocycles. The summed E-state index contributed by atoms with van der Waals surface area (Å²) >= 11 is 6.33. The lowest BCUT2D eigenvalue weighted by molar-refractivity contribution is -0.146. The zero-order valence-corrected chi connectivity index (χ0v) is 12.5. The normalized spacial score (nSPS) is 42.2. The highest BCUT2D eigenvalue weighted by Gasteiger charge is 2.51. The molecule has 0 aromatic rings. The molecule has 0 aromatic heterocycles. The Bertz CT molecular complexity index is 266. The first-order chi connectivity index (χ1) is 7.87. The Hall–Kier alpha value is 0.250. The molecule has 2 fully saturated rings. The molecule has 3 atom stereocenters. The molecule has 17 heavy (non-hydrogen) atoms. The zero-order valence-electron chi connectivity index (χ0n) is 11.8. The van der Waals surface area contributed by atoms with Gasteiger partial charge < -0.3 is 4.74 Å². The van der Waals surface area contributed by atoms with Gasteiger partial charge in [-0.2, -0.15) is 0 Å². The van der Waals surface area contributed by atoms with Crippen molar-refractivity contribution in [2.45, 2.75) is 83.8 Å². The summed E-state index contributed by atoms with van der Waals surface area (Å²) in [5.41, 5.74) is 0.747. The Morgan fingerprint density at radius 1 is 1.18 bits per heavy atom. The van der Waals surface area contributed by atoms with Gasteiger partial charge in [-0.25, -0.2) is 0 Å². The molecule has 2 aliphatic rings. The van der Waals surface area contributed by atoms with E-state index in [-0.39, 0.29) is 5.41 Å². The number of alkyl halides is 1. The summed E-state index contributed by atoms with van der Waals surface area (Å²) in [6.07, 6.45) is 8.14. The summed E-state index contributed by atoms with van der Waals surface area (Å²) < 4.78 is 6.31. The monoisotopic (exact) mass is 258 g/mol. The molecule has 0 aromatic carbocycles. The number of hydrogen-bond donors (Lipinski definition) is 0. The van der Waals surface area contributed by atoms with Crippen LogP contribution in [0.1, 0.15) is 66.2 Å². The van der Waals surface area contributed by atoms with E-state index in [2.05, 4.69) is 27.7 Å². The van der Waals surface area contributed by atoms with Crippen molar-refractivity contribution in [1.29, 1.82) is 0 Å². The molecule has 0 saturated heterocycles. The third kappa shape index (κ3) is 2.66. The van der Waals surface area contributed by atoms with Gasteiger partial charge in [-0.3, -0.25) is 0 Å². The van der Waals surface area contributed by atoms with E-state index in [1.54, 1.807) is 0 Å². The van der Waals surface area contributed by atoms with E-state index in [0.717, 1.165) is 12.8 Å². The third-order valence-corrected chi connectivity index (χ3v) is 5.95. The molecule has 0 spiro atoms. The Kier molecular flexibility index (Phi) is 3.81. The fourth-order valence-electron chi connectivity index (χ4n) is 3.17. The van der Waals surface area contributed by atoms with Crippen molar-refractivity contribution >= 4 is 11.6 Å². The van der Waals surface area contributed by atoms with Crippen LogP contribution in [-0.2, 0) is 4.74 Å². The van der Waals surface area contributed by atoms with E-state index in [1.165, 1.54) is 25.7 Å². The molecule has 2 rings (SSSR count). The summed E-state index contributed by atoms with van der Waals surface area (Å²) in [7, 11) is 0. The van der Waals surface area contributed by atoms with Crippen molar-refractivity contribution in [2.24, 2.45) is 10.8 Å². The number of halogens is 1. The lowest BCUT2D eigenvalue weighted by Crippen LogP contribution is -2.54. The standard InChI is InChI=1S/C15H27ClO/c1-5-15(4)12(16)10-13(15)17-11-6-8-14(2,3)9-7-11/h11-13H,5-10H2,1-4H3. The first-order valence-corrected chi connectivity index (χ1v) is 7.60. The largest absolute Gasteiger partial charge is 0.374 e. The summed E-state index contributed by atoms with van der Waals surface area (Å²) in [4.78, 5) is 0. The van der Waals surface area contributed by atoms with Crippen LogP contribution >= 0.6 is 11.6 Å². The van der Waals surface area contributed by atoms with Crippen LogP contribution in [0.15, 0.2) is 0 Å². The molecular formula is C15H27ClO. The van der Waals surface area contributed by atoms with E-state index in [9.17, 15) is 0 Å². The van der Waals surface area contributed by atoms with E-state index in [1.807, 2.05) is 0 Å². The average molecular weight is 259 g/mol. The second-order valence-corrected chi connectivity index (χ2v) is 7.58. The number of rotatable bonds is 3. The molecule has 0 bridgehead atoms. The smallest absolute Gasteiger partial charge is 0.0660 e. The second-order valence-electron chi connectivity index (χ2n) is 7.05. The summed E-state index contributed by atoms with van der Waals surface area (Å²) in [6.45, 7) is 9.26. The maximum Gasteiger partial charge on any atom is 0.0660 e. The van der Waals surface area contributed by atoms with Crippen molar-refractivity contribution in [3.8, 4) is 0 Å². The van der Waals surface area contributed by atoms with E-state index < -0.39 is 0 Å².